The lowest BCUT2D eigenvalue weighted by Crippen LogP contribution is -2.29. The number of nitrogens with two attached hydrogens (primary N) is 2. The predicted molar refractivity (Wildman–Crippen MR) is 122 cm³/mol. The summed E-state index contributed by atoms with van der Waals surface area (Å²) in [6.07, 6.45) is -1.33. The van der Waals surface area contributed by atoms with Gasteiger partial charge in [0, 0.05) is 29.7 Å². The van der Waals surface area contributed by atoms with Gasteiger partial charge in [-0.3, -0.25) is 0 Å². The van der Waals surface area contributed by atoms with Crippen LogP contribution in [0.15, 0.2) is 36.5 Å². The first-order chi connectivity index (χ1) is 15.5. The number of nitrogens with zero attached hydrogens (tertiary/aromatic N) is 5. The minimum Gasteiger partial charge on any atom is -0.382 e. The topological polar surface area (TPSA) is 108 Å². The number of rotatable bonds is 5. The minimum absolute atomic E-state index is 0.00165. The number of hydrogen-bond acceptors (Lipinski definition) is 7. The Morgan fingerprint density at radius 1 is 1.18 bits per heavy atom. The molecule has 0 unspecified atom stereocenters. The molecule has 0 radical (unpaired) electrons. The number of fused-ring (bicyclic) bond motifs is 1. The van der Waals surface area contributed by atoms with Crippen LogP contribution >= 0.6 is 0 Å². The lowest BCUT2D eigenvalue weighted by atomic mass is 9.97. The second kappa shape index (κ2) is 9.23. The van der Waals surface area contributed by atoms with Gasteiger partial charge in [0.2, 0.25) is 0 Å². The standard InChI is InChI=1S/C23H22F3N7/c1-23(2,13-27)8-6-15-11-16(7-9-30-15)33(12-19(25)26)22-18-10-14(24)4-5-17(18)20(32(3)29)21(28)31-22/h4-5,7,9-11,19H,12,29H2,1-3H3,(H2,28,31). The third-order valence-electron chi connectivity index (χ3n) is 4.71. The Balaban J connectivity index is 2.24. The molecule has 10 heteroatoms. The molecule has 3 aromatic rings. The zero-order valence-electron chi connectivity index (χ0n) is 18.3. The summed E-state index contributed by atoms with van der Waals surface area (Å²) in [6, 6.07) is 8.96. The van der Waals surface area contributed by atoms with Crippen molar-refractivity contribution in [3.8, 4) is 17.9 Å². The Labute approximate surface area is 189 Å². The average Bonchev–Trinajstić information content (AvgIpc) is 2.75. The molecule has 4 N–H and O–H groups in total. The number of hydrogen-bond donors (Lipinski definition) is 2. The summed E-state index contributed by atoms with van der Waals surface area (Å²) in [5.74, 6) is 10.9. The molecule has 0 atom stereocenters. The van der Waals surface area contributed by atoms with E-state index in [-0.39, 0.29) is 22.7 Å². The first-order valence-corrected chi connectivity index (χ1v) is 9.85. The first-order valence-electron chi connectivity index (χ1n) is 9.85. The molecule has 3 rings (SSSR count). The maximum atomic E-state index is 14.2. The molecule has 2 aromatic heterocycles. The zero-order chi connectivity index (χ0) is 24.3. The van der Waals surface area contributed by atoms with Gasteiger partial charge >= 0.3 is 0 Å². The Kier molecular flexibility index (Phi) is 6.61. The number of aromatic nitrogens is 2. The Morgan fingerprint density at radius 2 is 1.91 bits per heavy atom. The van der Waals surface area contributed by atoms with Crippen LogP contribution in [-0.4, -0.2) is 30.0 Å². The van der Waals surface area contributed by atoms with Crippen LogP contribution in [0.5, 0.6) is 0 Å². The number of nitrogen functional groups attached to an aromatic ring is 1. The molecule has 1 aromatic carbocycles. The van der Waals surface area contributed by atoms with E-state index in [2.05, 4.69) is 27.9 Å². The van der Waals surface area contributed by atoms with Crippen LogP contribution < -0.4 is 21.5 Å². The first kappa shape index (κ1) is 23.6. The quantitative estimate of drug-likeness (QED) is 0.342. The zero-order valence-corrected chi connectivity index (χ0v) is 18.3. The van der Waals surface area contributed by atoms with Gasteiger partial charge in [0.1, 0.15) is 28.4 Å². The van der Waals surface area contributed by atoms with Gasteiger partial charge < -0.3 is 15.6 Å². The number of hydrazine groups is 1. The molecular formula is C23H22F3N7. The van der Waals surface area contributed by atoms with E-state index >= 15 is 0 Å². The SMILES string of the molecule is CN(N)c1c(N)nc(N(CC(F)F)c2ccnc(C#CC(C)(C)C#N)c2)c2cc(F)ccc12. The Morgan fingerprint density at radius 3 is 2.55 bits per heavy atom. The number of nitriles is 1. The molecule has 0 saturated heterocycles. The summed E-state index contributed by atoms with van der Waals surface area (Å²) < 4.78 is 41.4. The van der Waals surface area contributed by atoms with Crippen LogP contribution in [0.25, 0.3) is 10.8 Å². The van der Waals surface area contributed by atoms with E-state index in [1.807, 2.05) is 0 Å². The molecule has 0 aliphatic carbocycles. The summed E-state index contributed by atoms with van der Waals surface area (Å²) >= 11 is 0. The number of halogens is 3. The number of anilines is 4. The predicted octanol–water partition coefficient (Wildman–Crippen LogP) is 3.97. The van der Waals surface area contributed by atoms with Crippen LogP contribution in [-0.2, 0) is 0 Å². The van der Waals surface area contributed by atoms with E-state index in [1.165, 1.54) is 46.4 Å². The van der Waals surface area contributed by atoms with Crippen molar-refractivity contribution in [1.82, 2.24) is 9.97 Å². The molecule has 2 heterocycles. The highest BCUT2D eigenvalue weighted by atomic mass is 19.3. The highest BCUT2D eigenvalue weighted by Gasteiger charge is 2.23. The lowest BCUT2D eigenvalue weighted by Gasteiger charge is -2.27. The van der Waals surface area contributed by atoms with E-state index in [0.29, 0.717) is 16.8 Å². The van der Waals surface area contributed by atoms with E-state index in [4.69, 9.17) is 16.8 Å². The van der Waals surface area contributed by atoms with E-state index in [0.717, 1.165) is 0 Å². The smallest absolute Gasteiger partial charge is 0.256 e. The van der Waals surface area contributed by atoms with E-state index in [9.17, 15) is 13.2 Å². The molecule has 0 fully saturated rings. The molecular weight excluding hydrogens is 431 g/mol. The summed E-state index contributed by atoms with van der Waals surface area (Å²) in [7, 11) is 1.54. The van der Waals surface area contributed by atoms with Gasteiger partial charge in [0.05, 0.1) is 12.6 Å². The third kappa shape index (κ3) is 5.25. The number of pyridine rings is 2. The normalized spacial score (nSPS) is 11.1. The van der Waals surface area contributed by atoms with Crippen LogP contribution in [0.3, 0.4) is 0 Å². The van der Waals surface area contributed by atoms with Crippen molar-refractivity contribution >= 4 is 33.8 Å². The summed E-state index contributed by atoms with van der Waals surface area (Å²) in [5.41, 5.74) is 6.11. The van der Waals surface area contributed by atoms with Gasteiger partial charge in [0.15, 0.2) is 5.82 Å². The molecule has 0 amide bonds. The number of benzene rings is 1. The van der Waals surface area contributed by atoms with Gasteiger partial charge in [-0.15, -0.1) is 0 Å². The van der Waals surface area contributed by atoms with Crippen molar-refractivity contribution in [3.05, 3.63) is 48.0 Å². The highest BCUT2D eigenvalue weighted by Crippen LogP contribution is 2.38. The molecule has 7 nitrogen and oxygen atoms in total. The fourth-order valence-electron chi connectivity index (χ4n) is 3.21. The second-order valence-corrected chi connectivity index (χ2v) is 7.86. The van der Waals surface area contributed by atoms with Crippen molar-refractivity contribution < 1.29 is 13.2 Å². The Hall–Kier alpha value is -4.02. The summed E-state index contributed by atoms with van der Waals surface area (Å²) in [4.78, 5) is 9.67. The van der Waals surface area contributed by atoms with Crippen molar-refractivity contribution in [2.45, 2.75) is 20.3 Å². The molecule has 33 heavy (non-hydrogen) atoms. The molecule has 170 valence electrons. The fraction of sp³-hybridized carbons (Fsp3) is 0.261. The van der Waals surface area contributed by atoms with Crippen LogP contribution in [0.1, 0.15) is 19.5 Å². The molecule has 0 saturated carbocycles. The van der Waals surface area contributed by atoms with Crippen molar-refractivity contribution in [2.24, 2.45) is 11.3 Å². The van der Waals surface area contributed by atoms with Gasteiger partial charge in [-0.05, 0) is 50.1 Å². The summed E-state index contributed by atoms with van der Waals surface area (Å²) in [6.45, 7) is 2.56. The van der Waals surface area contributed by atoms with Crippen molar-refractivity contribution in [2.75, 3.05) is 29.2 Å². The van der Waals surface area contributed by atoms with Gasteiger partial charge in [0.25, 0.3) is 6.43 Å². The second-order valence-electron chi connectivity index (χ2n) is 7.86. The van der Waals surface area contributed by atoms with Gasteiger partial charge in [-0.25, -0.2) is 29.0 Å². The maximum Gasteiger partial charge on any atom is 0.256 e. The molecule has 0 bridgehead atoms. The third-order valence-corrected chi connectivity index (χ3v) is 4.71. The summed E-state index contributed by atoms with van der Waals surface area (Å²) in [5, 5.41) is 11.1. The minimum atomic E-state index is -2.74. The highest BCUT2D eigenvalue weighted by molar-refractivity contribution is 6.05. The monoisotopic (exact) mass is 453 g/mol. The van der Waals surface area contributed by atoms with Crippen LogP contribution in [0, 0.1) is 34.4 Å². The lowest BCUT2D eigenvalue weighted by molar-refractivity contribution is 0.158. The van der Waals surface area contributed by atoms with E-state index in [1.54, 1.807) is 20.9 Å². The Bertz CT molecular complexity index is 1290. The van der Waals surface area contributed by atoms with Crippen LogP contribution in [0.2, 0.25) is 0 Å². The van der Waals surface area contributed by atoms with Gasteiger partial charge in [-0.1, -0.05) is 5.92 Å². The van der Waals surface area contributed by atoms with Crippen molar-refractivity contribution in [1.29, 1.82) is 5.26 Å². The number of alkyl halides is 2. The maximum absolute atomic E-state index is 14.2. The van der Waals surface area contributed by atoms with Crippen molar-refractivity contribution in [3.63, 3.8) is 0 Å². The fourth-order valence-corrected chi connectivity index (χ4v) is 3.21. The van der Waals surface area contributed by atoms with Gasteiger partial charge in [-0.2, -0.15) is 5.26 Å². The van der Waals surface area contributed by atoms with E-state index < -0.39 is 24.2 Å². The molecule has 0 spiro atoms. The van der Waals surface area contributed by atoms with Crippen LogP contribution in [0.4, 0.5) is 36.2 Å². The average molecular weight is 453 g/mol. The molecule has 0 aliphatic heterocycles. The largest absolute Gasteiger partial charge is 0.382 e. The molecule has 0 aliphatic rings.